The summed E-state index contributed by atoms with van der Waals surface area (Å²) in [6.45, 7) is 1.82. The van der Waals surface area contributed by atoms with E-state index in [1.54, 1.807) is 38.0 Å². The molecule has 1 aliphatic heterocycles. The van der Waals surface area contributed by atoms with Crippen LogP contribution in [0.1, 0.15) is 30.8 Å². The third-order valence-corrected chi connectivity index (χ3v) is 4.46. The molecule has 0 bridgehead atoms. The van der Waals surface area contributed by atoms with Gasteiger partial charge in [0.2, 0.25) is 11.9 Å². The monoisotopic (exact) mass is 373 g/mol. The average molecular weight is 373 g/mol. The summed E-state index contributed by atoms with van der Waals surface area (Å²) >= 11 is 0. The van der Waals surface area contributed by atoms with E-state index < -0.39 is 11.9 Å². The topological polar surface area (TPSA) is 125 Å². The Morgan fingerprint density at radius 3 is 2.78 bits per heavy atom. The Labute approximate surface area is 156 Å². The number of carbonyl (C=O) groups is 1. The predicted molar refractivity (Wildman–Crippen MR) is 98.6 cm³/mol. The predicted octanol–water partition coefficient (Wildman–Crippen LogP) is 0.994. The van der Waals surface area contributed by atoms with Crippen molar-refractivity contribution in [3.05, 3.63) is 40.9 Å². The molecule has 4 N–H and O–H groups in total. The summed E-state index contributed by atoms with van der Waals surface area (Å²) in [5.41, 5.74) is 7.39. The number of hydrogen-bond donors (Lipinski definition) is 3. The molecule has 0 fully saturated rings. The fourth-order valence-corrected chi connectivity index (χ4v) is 3.19. The second-order valence-electron chi connectivity index (χ2n) is 6.16. The fraction of sp³-hybridized carbons (Fsp3) is 0.389. The number of fused-ring (bicyclic) bond motifs is 1. The van der Waals surface area contributed by atoms with E-state index in [1.165, 1.54) is 0 Å². The summed E-state index contributed by atoms with van der Waals surface area (Å²) in [6, 6.07) is 4.77. The first-order chi connectivity index (χ1) is 13.0. The molecule has 1 aromatic heterocycles. The lowest BCUT2D eigenvalue weighted by atomic mass is 9.94. The number of aliphatic hydroxyl groups excluding tert-OH is 1. The second kappa shape index (κ2) is 7.67. The number of ether oxygens (including phenoxy) is 2. The zero-order chi connectivity index (χ0) is 19.6. The van der Waals surface area contributed by atoms with E-state index >= 15 is 0 Å². The van der Waals surface area contributed by atoms with Crippen molar-refractivity contribution in [3.63, 3.8) is 0 Å². The lowest BCUT2D eigenvalue weighted by Gasteiger charge is -2.28. The number of nitrogens with one attached hydrogen (secondary N) is 1. The van der Waals surface area contributed by atoms with Crippen LogP contribution in [0.15, 0.2) is 29.5 Å². The van der Waals surface area contributed by atoms with Gasteiger partial charge in [-0.1, -0.05) is 0 Å². The molecule has 0 radical (unpaired) electrons. The Kier molecular flexibility index (Phi) is 5.31. The van der Waals surface area contributed by atoms with Gasteiger partial charge in [-0.15, -0.1) is 0 Å². The highest BCUT2D eigenvalue weighted by molar-refractivity contribution is 5.95. The molecule has 0 unspecified atom stereocenters. The Balaban J connectivity index is 2.16. The molecular formula is C18H23N5O4. The number of nitrogens with zero attached hydrogens (tertiary/aromatic N) is 3. The van der Waals surface area contributed by atoms with Gasteiger partial charge in [0.15, 0.2) is 5.82 Å². The Morgan fingerprint density at radius 1 is 1.37 bits per heavy atom. The minimum atomic E-state index is -0.588. The van der Waals surface area contributed by atoms with E-state index in [2.05, 4.69) is 15.4 Å². The van der Waals surface area contributed by atoms with Gasteiger partial charge in [-0.2, -0.15) is 10.1 Å². The molecule has 0 aliphatic carbocycles. The Hall–Kier alpha value is -3.07. The second-order valence-corrected chi connectivity index (χ2v) is 6.16. The number of amides is 1. The Bertz CT molecular complexity index is 890. The number of aryl methyl sites for hydroxylation is 1. The van der Waals surface area contributed by atoms with Crippen molar-refractivity contribution in [1.29, 1.82) is 0 Å². The molecule has 9 heteroatoms. The van der Waals surface area contributed by atoms with Crippen molar-refractivity contribution in [3.8, 4) is 11.5 Å². The number of methoxy groups -OCH3 is 2. The van der Waals surface area contributed by atoms with Crippen molar-refractivity contribution >= 4 is 11.9 Å². The number of rotatable bonds is 7. The van der Waals surface area contributed by atoms with E-state index in [1.807, 2.05) is 6.07 Å². The van der Waals surface area contributed by atoms with Crippen LogP contribution < -0.4 is 20.5 Å². The third kappa shape index (κ3) is 3.45. The largest absolute Gasteiger partial charge is 0.497 e. The average Bonchev–Trinajstić information content (AvgIpc) is 3.06. The Morgan fingerprint density at radius 2 is 2.15 bits per heavy atom. The number of nitrogens with two attached hydrogens (primary N) is 1. The molecule has 1 aliphatic rings. The zero-order valence-electron chi connectivity index (χ0n) is 15.5. The molecule has 144 valence electrons. The number of allylic oxidation sites excluding steroid dienone is 1. The molecule has 1 amide bonds. The molecule has 0 saturated heterocycles. The molecule has 3 rings (SSSR count). The molecule has 2 heterocycles. The minimum Gasteiger partial charge on any atom is -0.497 e. The maximum Gasteiger partial charge on any atom is 0.248 e. The highest BCUT2D eigenvalue weighted by atomic mass is 16.5. The molecule has 1 aromatic carbocycles. The van der Waals surface area contributed by atoms with Crippen molar-refractivity contribution in [2.75, 3.05) is 26.1 Å². The van der Waals surface area contributed by atoms with Gasteiger partial charge in [-0.05, 0) is 25.5 Å². The first-order valence-electron chi connectivity index (χ1n) is 8.56. The molecule has 9 nitrogen and oxygen atoms in total. The van der Waals surface area contributed by atoms with E-state index in [9.17, 15) is 4.79 Å². The molecule has 27 heavy (non-hydrogen) atoms. The van der Waals surface area contributed by atoms with Gasteiger partial charge in [-0.3, -0.25) is 4.79 Å². The van der Waals surface area contributed by atoms with Crippen LogP contribution in [0, 0.1) is 0 Å². The van der Waals surface area contributed by atoms with Gasteiger partial charge < -0.3 is 25.6 Å². The van der Waals surface area contributed by atoms with Crippen LogP contribution in [-0.2, 0) is 11.2 Å². The van der Waals surface area contributed by atoms with E-state index in [-0.39, 0.29) is 6.61 Å². The van der Waals surface area contributed by atoms with Crippen LogP contribution in [0.25, 0.3) is 0 Å². The SMILES string of the molecule is COc1ccc([C@@H]2C(C(N)=O)=C(C)Nc3nc(CCCO)nn32)c(OC)c1. The molecule has 0 saturated carbocycles. The zero-order valence-corrected chi connectivity index (χ0v) is 15.5. The van der Waals surface area contributed by atoms with Crippen LogP contribution in [0.3, 0.4) is 0 Å². The van der Waals surface area contributed by atoms with Gasteiger partial charge in [0.25, 0.3) is 0 Å². The quantitative estimate of drug-likeness (QED) is 0.661. The molecular weight excluding hydrogens is 350 g/mol. The van der Waals surface area contributed by atoms with Gasteiger partial charge in [0, 0.05) is 30.4 Å². The van der Waals surface area contributed by atoms with Crippen LogP contribution in [0.5, 0.6) is 11.5 Å². The van der Waals surface area contributed by atoms with Gasteiger partial charge in [-0.25, -0.2) is 4.68 Å². The number of primary amides is 1. The summed E-state index contributed by atoms with van der Waals surface area (Å²) in [5, 5.41) is 16.7. The highest BCUT2D eigenvalue weighted by Crippen LogP contribution is 2.40. The maximum atomic E-state index is 12.2. The number of aliphatic hydroxyl groups is 1. The highest BCUT2D eigenvalue weighted by Gasteiger charge is 2.35. The minimum absolute atomic E-state index is 0.0524. The summed E-state index contributed by atoms with van der Waals surface area (Å²) in [5.74, 6) is 1.70. The van der Waals surface area contributed by atoms with Gasteiger partial charge in [0.05, 0.1) is 19.8 Å². The van der Waals surface area contributed by atoms with Crippen molar-refractivity contribution in [2.45, 2.75) is 25.8 Å². The standard InChI is InChI=1S/C18H23N5O4/c1-10-15(17(19)25)16(12-7-6-11(26-2)9-13(12)27-3)23-18(20-10)21-14(22-23)5-4-8-24/h6-7,9,16,24H,4-5,8H2,1-3H3,(H2,19,25)(H,20,21,22)/t16-/m1/s1. The molecule has 1 atom stereocenters. The van der Waals surface area contributed by atoms with Crippen LogP contribution >= 0.6 is 0 Å². The maximum absolute atomic E-state index is 12.2. The lowest BCUT2D eigenvalue weighted by molar-refractivity contribution is -0.115. The first kappa shape index (κ1) is 18.7. The first-order valence-corrected chi connectivity index (χ1v) is 8.56. The number of carbonyl (C=O) groups excluding carboxylic acids is 1. The van der Waals surface area contributed by atoms with Crippen molar-refractivity contribution < 1.29 is 19.4 Å². The van der Waals surface area contributed by atoms with Crippen LogP contribution in [0.2, 0.25) is 0 Å². The lowest BCUT2D eigenvalue weighted by Crippen LogP contribution is -2.32. The van der Waals surface area contributed by atoms with Gasteiger partial charge in [0.1, 0.15) is 17.5 Å². The molecule has 2 aromatic rings. The van der Waals surface area contributed by atoms with Crippen molar-refractivity contribution in [2.24, 2.45) is 5.73 Å². The number of aromatic nitrogens is 3. The summed E-state index contributed by atoms with van der Waals surface area (Å²) < 4.78 is 12.4. The normalized spacial score (nSPS) is 15.9. The van der Waals surface area contributed by atoms with E-state index in [4.69, 9.17) is 20.3 Å². The summed E-state index contributed by atoms with van der Waals surface area (Å²) in [6.07, 6.45) is 1.07. The van der Waals surface area contributed by atoms with E-state index in [0.717, 1.165) is 0 Å². The van der Waals surface area contributed by atoms with Crippen molar-refractivity contribution in [1.82, 2.24) is 14.8 Å². The third-order valence-electron chi connectivity index (χ3n) is 4.46. The summed E-state index contributed by atoms with van der Waals surface area (Å²) in [4.78, 5) is 16.7. The van der Waals surface area contributed by atoms with E-state index in [0.29, 0.717) is 52.9 Å². The smallest absolute Gasteiger partial charge is 0.248 e. The number of benzene rings is 1. The number of anilines is 1. The van der Waals surface area contributed by atoms with Gasteiger partial charge >= 0.3 is 0 Å². The van der Waals surface area contributed by atoms with Crippen LogP contribution in [-0.4, -0.2) is 46.6 Å². The fourth-order valence-electron chi connectivity index (χ4n) is 3.19. The number of hydrogen-bond acceptors (Lipinski definition) is 7. The molecule has 0 spiro atoms. The van der Waals surface area contributed by atoms with Crippen LogP contribution in [0.4, 0.5) is 5.95 Å². The summed E-state index contributed by atoms with van der Waals surface area (Å²) in [7, 11) is 3.12.